The Hall–Kier alpha value is -2.83. The number of rotatable bonds is 3. The first-order valence-corrected chi connectivity index (χ1v) is 8.67. The molecule has 1 N–H and O–H groups in total. The molecule has 1 aliphatic heterocycles. The molecule has 1 fully saturated rings. The van der Waals surface area contributed by atoms with Crippen LogP contribution in [-0.2, 0) is 6.54 Å². The molecule has 0 aliphatic carbocycles. The third kappa shape index (κ3) is 2.75. The number of H-pyrrole nitrogens is 1. The lowest BCUT2D eigenvalue weighted by atomic mass is 10.2. The molecular weight excluding hydrogens is 316 g/mol. The molecule has 0 amide bonds. The maximum Gasteiger partial charge on any atom is 0.327 e. The summed E-state index contributed by atoms with van der Waals surface area (Å²) in [6.45, 7) is 8.22. The molecule has 0 saturated carbocycles. The summed E-state index contributed by atoms with van der Waals surface area (Å²) in [5.41, 5.74) is 3.82. The average Bonchev–Trinajstić information content (AvgIpc) is 2.97. The zero-order valence-electron chi connectivity index (χ0n) is 14.6. The highest BCUT2D eigenvalue weighted by Gasteiger charge is 2.22. The Morgan fingerprint density at radius 3 is 2.60 bits per heavy atom. The van der Waals surface area contributed by atoms with Gasteiger partial charge in [0.15, 0.2) is 11.5 Å². The van der Waals surface area contributed by atoms with E-state index < -0.39 is 0 Å². The SMILES string of the molecule is CCn1c(=O)[nH]c2c(N3CCN(c4cccc(C)c4)CC3)ncnc21. The number of aromatic amines is 1. The van der Waals surface area contributed by atoms with Gasteiger partial charge < -0.3 is 14.8 Å². The lowest BCUT2D eigenvalue weighted by Crippen LogP contribution is -2.47. The summed E-state index contributed by atoms with van der Waals surface area (Å²) < 4.78 is 1.64. The molecule has 0 bridgehead atoms. The van der Waals surface area contributed by atoms with Gasteiger partial charge >= 0.3 is 5.69 Å². The number of hydrogen-bond donors (Lipinski definition) is 1. The summed E-state index contributed by atoms with van der Waals surface area (Å²) in [4.78, 5) is 28.4. The van der Waals surface area contributed by atoms with E-state index in [1.54, 1.807) is 10.9 Å². The largest absolute Gasteiger partial charge is 0.368 e. The molecule has 4 rings (SSSR count). The predicted octanol–water partition coefficient (Wildman–Crippen LogP) is 1.77. The van der Waals surface area contributed by atoms with E-state index in [-0.39, 0.29) is 5.69 Å². The highest BCUT2D eigenvalue weighted by molar-refractivity contribution is 5.83. The van der Waals surface area contributed by atoms with Crippen molar-refractivity contribution < 1.29 is 0 Å². The number of hydrogen-bond acceptors (Lipinski definition) is 5. The van der Waals surface area contributed by atoms with Gasteiger partial charge in [-0.25, -0.2) is 14.8 Å². The molecule has 1 aromatic carbocycles. The van der Waals surface area contributed by atoms with Crippen LogP contribution in [0.25, 0.3) is 11.2 Å². The maximum absolute atomic E-state index is 12.1. The van der Waals surface area contributed by atoms with Crippen LogP contribution in [0.3, 0.4) is 0 Å². The molecule has 7 nitrogen and oxygen atoms in total. The second-order valence-corrected chi connectivity index (χ2v) is 6.38. The van der Waals surface area contributed by atoms with Gasteiger partial charge in [-0.05, 0) is 31.5 Å². The minimum atomic E-state index is -0.127. The molecule has 0 radical (unpaired) electrons. The number of benzene rings is 1. The molecule has 2 aromatic heterocycles. The molecule has 1 saturated heterocycles. The zero-order chi connectivity index (χ0) is 17.4. The minimum Gasteiger partial charge on any atom is -0.368 e. The van der Waals surface area contributed by atoms with E-state index in [0.29, 0.717) is 12.2 Å². The summed E-state index contributed by atoms with van der Waals surface area (Å²) >= 11 is 0. The van der Waals surface area contributed by atoms with Crippen molar-refractivity contribution in [3.05, 3.63) is 46.6 Å². The van der Waals surface area contributed by atoms with Crippen LogP contribution in [0, 0.1) is 6.92 Å². The Bertz CT molecular complexity index is 952. The Morgan fingerprint density at radius 2 is 1.88 bits per heavy atom. The molecule has 0 spiro atoms. The standard InChI is InChI=1S/C18H22N6O/c1-3-24-17-15(21-18(24)25)16(19-12-20-17)23-9-7-22(8-10-23)14-6-4-5-13(2)11-14/h4-6,11-12H,3,7-10H2,1-2H3,(H,21,25). The Balaban J connectivity index is 1.59. The summed E-state index contributed by atoms with van der Waals surface area (Å²) in [5.74, 6) is 0.818. The van der Waals surface area contributed by atoms with Crippen LogP contribution in [0.5, 0.6) is 0 Å². The number of imidazole rings is 1. The van der Waals surface area contributed by atoms with Gasteiger partial charge in [0, 0.05) is 38.4 Å². The van der Waals surface area contributed by atoms with Crippen molar-refractivity contribution in [3.63, 3.8) is 0 Å². The lowest BCUT2D eigenvalue weighted by Gasteiger charge is -2.36. The topological polar surface area (TPSA) is 70.1 Å². The molecular formula is C18H22N6O. The van der Waals surface area contributed by atoms with E-state index >= 15 is 0 Å². The van der Waals surface area contributed by atoms with Crippen molar-refractivity contribution in [2.24, 2.45) is 0 Å². The van der Waals surface area contributed by atoms with E-state index in [1.165, 1.54) is 11.3 Å². The number of fused-ring (bicyclic) bond motifs is 1. The fraction of sp³-hybridized carbons (Fsp3) is 0.389. The van der Waals surface area contributed by atoms with E-state index in [4.69, 9.17) is 0 Å². The molecule has 25 heavy (non-hydrogen) atoms. The van der Waals surface area contributed by atoms with Crippen LogP contribution in [0.4, 0.5) is 11.5 Å². The number of nitrogens with zero attached hydrogens (tertiary/aromatic N) is 5. The normalized spacial score (nSPS) is 15.1. The van der Waals surface area contributed by atoms with Crippen molar-refractivity contribution in [1.29, 1.82) is 0 Å². The van der Waals surface area contributed by atoms with Gasteiger partial charge in [0.05, 0.1) is 0 Å². The van der Waals surface area contributed by atoms with Gasteiger partial charge in [0.2, 0.25) is 0 Å². The summed E-state index contributed by atoms with van der Waals surface area (Å²) in [5, 5.41) is 0. The molecule has 3 heterocycles. The number of anilines is 2. The zero-order valence-corrected chi connectivity index (χ0v) is 14.6. The molecule has 7 heteroatoms. The van der Waals surface area contributed by atoms with Gasteiger partial charge in [-0.15, -0.1) is 0 Å². The van der Waals surface area contributed by atoms with Gasteiger partial charge in [0.25, 0.3) is 0 Å². The van der Waals surface area contributed by atoms with Crippen molar-refractivity contribution in [2.45, 2.75) is 20.4 Å². The minimum absolute atomic E-state index is 0.127. The number of aromatic nitrogens is 4. The van der Waals surface area contributed by atoms with Crippen LogP contribution in [-0.4, -0.2) is 45.7 Å². The van der Waals surface area contributed by atoms with Crippen molar-refractivity contribution >= 4 is 22.7 Å². The first kappa shape index (κ1) is 15.7. The fourth-order valence-corrected chi connectivity index (χ4v) is 3.49. The monoisotopic (exact) mass is 338 g/mol. The second-order valence-electron chi connectivity index (χ2n) is 6.38. The van der Waals surface area contributed by atoms with E-state index in [2.05, 4.69) is 55.9 Å². The summed E-state index contributed by atoms with van der Waals surface area (Å²) in [6.07, 6.45) is 1.55. The van der Waals surface area contributed by atoms with Crippen LogP contribution in [0.2, 0.25) is 0 Å². The summed E-state index contributed by atoms with van der Waals surface area (Å²) in [6, 6.07) is 8.59. The Morgan fingerprint density at radius 1 is 1.12 bits per heavy atom. The number of nitrogens with one attached hydrogen (secondary N) is 1. The van der Waals surface area contributed by atoms with Gasteiger partial charge in [-0.1, -0.05) is 12.1 Å². The fourth-order valence-electron chi connectivity index (χ4n) is 3.49. The summed E-state index contributed by atoms with van der Waals surface area (Å²) in [7, 11) is 0. The van der Waals surface area contributed by atoms with Crippen LogP contribution in [0.1, 0.15) is 12.5 Å². The van der Waals surface area contributed by atoms with Crippen molar-refractivity contribution in [1.82, 2.24) is 19.5 Å². The van der Waals surface area contributed by atoms with Crippen LogP contribution in [0.15, 0.2) is 35.4 Å². The van der Waals surface area contributed by atoms with Crippen molar-refractivity contribution in [2.75, 3.05) is 36.0 Å². The first-order chi connectivity index (χ1) is 12.2. The predicted molar refractivity (Wildman–Crippen MR) is 99.4 cm³/mol. The van der Waals surface area contributed by atoms with E-state index in [1.807, 2.05) is 6.92 Å². The second kappa shape index (κ2) is 6.23. The quantitative estimate of drug-likeness (QED) is 0.788. The molecule has 3 aromatic rings. The maximum atomic E-state index is 12.1. The van der Waals surface area contributed by atoms with Crippen LogP contribution < -0.4 is 15.5 Å². The average molecular weight is 338 g/mol. The number of piperazine rings is 1. The van der Waals surface area contributed by atoms with Gasteiger partial charge in [-0.2, -0.15) is 0 Å². The molecule has 130 valence electrons. The van der Waals surface area contributed by atoms with Gasteiger partial charge in [0.1, 0.15) is 11.8 Å². The van der Waals surface area contributed by atoms with Crippen LogP contribution >= 0.6 is 0 Å². The van der Waals surface area contributed by atoms with E-state index in [9.17, 15) is 4.79 Å². The highest BCUT2D eigenvalue weighted by Crippen LogP contribution is 2.23. The number of aryl methyl sites for hydroxylation is 2. The van der Waals surface area contributed by atoms with E-state index in [0.717, 1.165) is 37.5 Å². The first-order valence-electron chi connectivity index (χ1n) is 8.67. The Labute approximate surface area is 145 Å². The lowest BCUT2D eigenvalue weighted by molar-refractivity contribution is 0.648. The highest BCUT2D eigenvalue weighted by atomic mass is 16.1. The third-order valence-electron chi connectivity index (χ3n) is 4.80. The smallest absolute Gasteiger partial charge is 0.327 e. The van der Waals surface area contributed by atoms with Crippen molar-refractivity contribution in [3.8, 4) is 0 Å². The molecule has 0 atom stereocenters. The third-order valence-corrected chi connectivity index (χ3v) is 4.80. The molecule has 0 unspecified atom stereocenters. The Kier molecular flexibility index (Phi) is 3.91. The molecule has 1 aliphatic rings. The van der Waals surface area contributed by atoms with Gasteiger partial charge in [-0.3, -0.25) is 4.57 Å².